The Balaban J connectivity index is 1.80. The molecule has 2 rings (SSSR count). The van der Waals surface area contributed by atoms with Gasteiger partial charge in [0, 0.05) is 6.54 Å². The van der Waals surface area contributed by atoms with Crippen LogP contribution in [0, 0.1) is 0 Å². The average molecular weight is 259 g/mol. The minimum absolute atomic E-state index is 0.104. The second kappa shape index (κ2) is 5.99. The van der Waals surface area contributed by atoms with Crippen molar-refractivity contribution in [2.24, 2.45) is 0 Å². The molecule has 1 aromatic heterocycles. The summed E-state index contributed by atoms with van der Waals surface area (Å²) in [5.74, 6) is 0.337. The van der Waals surface area contributed by atoms with Crippen molar-refractivity contribution in [2.75, 3.05) is 12.3 Å². The zero-order chi connectivity index (χ0) is 13.7. The van der Waals surface area contributed by atoms with E-state index in [0.29, 0.717) is 6.54 Å². The van der Waals surface area contributed by atoms with E-state index in [1.807, 2.05) is 18.2 Å². The number of anilines is 1. The van der Waals surface area contributed by atoms with Gasteiger partial charge in [0.05, 0.1) is 0 Å². The molecule has 0 radical (unpaired) electrons. The van der Waals surface area contributed by atoms with E-state index in [1.165, 1.54) is 16.6 Å². The van der Waals surface area contributed by atoms with Gasteiger partial charge < -0.3 is 11.1 Å². The number of hydrogen-bond acceptors (Lipinski definition) is 4. The van der Waals surface area contributed by atoms with Crippen molar-refractivity contribution >= 4 is 11.9 Å². The molecule has 0 saturated heterocycles. The maximum absolute atomic E-state index is 11.7. The molecule has 0 aliphatic rings. The zero-order valence-corrected chi connectivity index (χ0v) is 10.8. The van der Waals surface area contributed by atoms with E-state index in [0.717, 1.165) is 0 Å². The summed E-state index contributed by atoms with van der Waals surface area (Å²) in [6.07, 6.45) is 1.44. The van der Waals surface area contributed by atoms with Gasteiger partial charge in [-0.25, -0.2) is 9.67 Å². The number of aromatic nitrogens is 3. The summed E-state index contributed by atoms with van der Waals surface area (Å²) in [4.78, 5) is 15.5. The van der Waals surface area contributed by atoms with Crippen molar-refractivity contribution in [3.8, 4) is 0 Å². The van der Waals surface area contributed by atoms with Crippen LogP contribution in [0.2, 0.25) is 0 Å². The van der Waals surface area contributed by atoms with Crippen LogP contribution in [0.1, 0.15) is 18.4 Å². The lowest BCUT2D eigenvalue weighted by Gasteiger charge is -2.12. The number of carbonyl (C=O) groups excluding carboxylic acids is 1. The third-order valence-electron chi connectivity index (χ3n) is 2.83. The number of nitrogens with two attached hydrogens (primary N) is 1. The highest BCUT2D eigenvalue weighted by Crippen LogP contribution is 2.12. The number of hydrogen-bond donors (Lipinski definition) is 2. The molecule has 2 aromatic rings. The maximum Gasteiger partial charge on any atom is 0.241 e. The standard InChI is InChI=1S/C13H17N5O/c1-10(11-5-3-2-4-6-11)7-15-12(19)8-18-9-16-13(14)17-18/h2-6,9-10H,7-8H2,1H3,(H2,14,17)(H,15,19). The SMILES string of the molecule is CC(CNC(=O)Cn1cnc(N)n1)c1ccccc1. The second-order valence-electron chi connectivity index (χ2n) is 4.42. The molecule has 19 heavy (non-hydrogen) atoms. The molecule has 0 saturated carbocycles. The van der Waals surface area contributed by atoms with E-state index < -0.39 is 0 Å². The smallest absolute Gasteiger partial charge is 0.241 e. The lowest BCUT2D eigenvalue weighted by atomic mass is 10.0. The highest BCUT2D eigenvalue weighted by molar-refractivity contribution is 5.75. The van der Waals surface area contributed by atoms with Crippen LogP contribution in [-0.4, -0.2) is 27.2 Å². The van der Waals surface area contributed by atoms with Gasteiger partial charge in [-0.05, 0) is 11.5 Å². The average Bonchev–Trinajstić information content (AvgIpc) is 2.82. The summed E-state index contributed by atoms with van der Waals surface area (Å²) in [6, 6.07) is 10.1. The molecule has 0 bridgehead atoms. The molecule has 6 nitrogen and oxygen atoms in total. The van der Waals surface area contributed by atoms with E-state index in [9.17, 15) is 4.79 Å². The van der Waals surface area contributed by atoms with Crippen molar-refractivity contribution in [3.63, 3.8) is 0 Å². The molecule has 1 unspecified atom stereocenters. The molecule has 0 spiro atoms. The molecule has 0 aliphatic heterocycles. The third kappa shape index (κ3) is 3.80. The Bertz CT molecular complexity index is 537. The minimum atomic E-state index is -0.104. The normalized spacial score (nSPS) is 12.1. The monoisotopic (exact) mass is 259 g/mol. The second-order valence-corrected chi connectivity index (χ2v) is 4.42. The summed E-state index contributed by atoms with van der Waals surface area (Å²) in [7, 11) is 0. The number of nitrogens with zero attached hydrogens (tertiary/aromatic N) is 3. The molecule has 1 heterocycles. The number of nitrogen functional groups attached to an aromatic ring is 1. The number of benzene rings is 1. The molecule has 6 heteroatoms. The summed E-state index contributed by atoms with van der Waals surface area (Å²) < 4.78 is 1.41. The fourth-order valence-electron chi connectivity index (χ4n) is 1.75. The van der Waals surface area contributed by atoms with Crippen LogP contribution in [-0.2, 0) is 11.3 Å². The van der Waals surface area contributed by atoms with Gasteiger partial charge >= 0.3 is 0 Å². The van der Waals surface area contributed by atoms with E-state index in [1.54, 1.807) is 0 Å². The van der Waals surface area contributed by atoms with Gasteiger partial charge in [-0.1, -0.05) is 37.3 Å². The molecule has 1 atom stereocenters. The van der Waals surface area contributed by atoms with Crippen molar-refractivity contribution in [1.82, 2.24) is 20.1 Å². The van der Waals surface area contributed by atoms with Crippen LogP contribution < -0.4 is 11.1 Å². The van der Waals surface area contributed by atoms with E-state index in [2.05, 4.69) is 34.5 Å². The first-order valence-corrected chi connectivity index (χ1v) is 6.11. The van der Waals surface area contributed by atoms with Crippen molar-refractivity contribution in [3.05, 3.63) is 42.2 Å². The minimum Gasteiger partial charge on any atom is -0.367 e. The van der Waals surface area contributed by atoms with Gasteiger partial charge in [0.1, 0.15) is 12.9 Å². The molecule has 0 aliphatic carbocycles. The van der Waals surface area contributed by atoms with Crippen molar-refractivity contribution in [2.45, 2.75) is 19.4 Å². The molecule has 0 fully saturated rings. The van der Waals surface area contributed by atoms with Crippen LogP contribution in [0.4, 0.5) is 5.95 Å². The first-order valence-electron chi connectivity index (χ1n) is 6.11. The van der Waals surface area contributed by atoms with Crippen LogP contribution in [0.3, 0.4) is 0 Å². The summed E-state index contributed by atoms with van der Waals surface area (Å²) in [5.41, 5.74) is 6.58. The fourth-order valence-corrected chi connectivity index (χ4v) is 1.75. The van der Waals surface area contributed by atoms with E-state index >= 15 is 0 Å². The van der Waals surface area contributed by atoms with Crippen molar-refractivity contribution in [1.29, 1.82) is 0 Å². The lowest BCUT2D eigenvalue weighted by Crippen LogP contribution is -2.30. The fraction of sp³-hybridized carbons (Fsp3) is 0.308. The van der Waals surface area contributed by atoms with Crippen LogP contribution in [0.15, 0.2) is 36.7 Å². The van der Waals surface area contributed by atoms with Crippen LogP contribution in [0.5, 0.6) is 0 Å². The summed E-state index contributed by atoms with van der Waals surface area (Å²) in [5, 5.41) is 6.73. The Morgan fingerprint density at radius 2 is 2.16 bits per heavy atom. The maximum atomic E-state index is 11.7. The predicted octanol–water partition coefficient (Wildman–Crippen LogP) is 0.780. The van der Waals surface area contributed by atoms with Gasteiger partial charge in [-0.3, -0.25) is 4.79 Å². The lowest BCUT2D eigenvalue weighted by molar-refractivity contribution is -0.121. The largest absolute Gasteiger partial charge is 0.367 e. The predicted molar refractivity (Wildman–Crippen MR) is 72.3 cm³/mol. The molecule has 1 aromatic carbocycles. The third-order valence-corrected chi connectivity index (χ3v) is 2.83. The van der Waals surface area contributed by atoms with Gasteiger partial charge in [-0.2, -0.15) is 0 Å². The Morgan fingerprint density at radius 1 is 1.42 bits per heavy atom. The molecule has 100 valence electrons. The topological polar surface area (TPSA) is 85.8 Å². The van der Waals surface area contributed by atoms with Gasteiger partial charge in [-0.15, -0.1) is 5.10 Å². The number of carbonyl (C=O) groups is 1. The highest BCUT2D eigenvalue weighted by Gasteiger charge is 2.08. The van der Waals surface area contributed by atoms with Gasteiger partial charge in [0.2, 0.25) is 11.9 Å². The molecule has 1 amide bonds. The van der Waals surface area contributed by atoms with E-state index in [4.69, 9.17) is 5.73 Å². The zero-order valence-electron chi connectivity index (χ0n) is 10.8. The Kier molecular flexibility index (Phi) is 4.12. The first kappa shape index (κ1) is 13.1. The summed E-state index contributed by atoms with van der Waals surface area (Å²) >= 11 is 0. The van der Waals surface area contributed by atoms with Gasteiger partial charge in [0.25, 0.3) is 0 Å². The van der Waals surface area contributed by atoms with Crippen LogP contribution >= 0.6 is 0 Å². The molecule has 3 N–H and O–H groups in total. The van der Waals surface area contributed by atoms with E-state index in [-0.39, 0.29) is 24.3 Å². The van der Waals surface area contributed by atoms with Gasteiger partial charge in [0.15, 0.2) is 0 Å². The Labute approximate surface area is 111 Å². The molecular formula is C13H17N5O. The number of amides is 1. The number of nitrogens with one attached hydrogen (secondary N) is 1. The quantitative estimate of drug-likeness (QED) is 0.831. The molecular weight excluding hydrogens is 242 g/mol. The van der Waals surface area contributed by atoms with Crippen LogP contribution in [0.25, 0.3) is 0 Å². The Morgan fingerprint density at radius 3 is 2.79 bits per heavy atom. The summed E-state index contributed by atoms with van der Waals surface area (Å²) in [6.45, 7) is 2.79. The number of rotatable bonds is 5. The Hall–Kier alpha value is -2.37. The van der Waals surface area contributed by atoms with Crippen molar-refractivity contribution < 1.29 is 4.79 Å². The highest BCUT2D eigenvalue weighted by atomic mass is 16.2. The first-order chi connectivity index (χ1) is 9.15.